The third-order valence-corrected chi connectivity index (χ3v) is 7.14. The van der Waals surface area contributed by atoms with Crippen molar-refractivity contribution in [2.24, 2.45) is 0 Å². The molecule has 0 bridgehead atoms. The van der Waals surface area contributed by atoms with Crippen LogP contribution in [0.1, 0.15) is 37.8 Å². The molecule has 5 nitrogen and oxygen atoms in total. The van der Waals surface area contributed by atoms with E-state index in [1.165, 1.54) is 49.9 Å². The molecule has 0 aromatic carbocycles. The molecule has 0 spiro atoms. The summed E-state index contributed by atoms with van der Waals surface area (Å²) in [6, 6.07) is 8.98. The van der Waals surface area contributed by atoms with Crippen molar-refractivity contribution in [2.45, 2.75) is 45.1 Å². The van der Waals surface area contributed by atoms with Crippen molar-refractivity contribution in [1.82, 2.24) is 19.9 Å². The Morgan fingerprint density at radius 3 is 2.57 bits per heavy atom. The van der Waals surface area contributed by atoms with Crippen molar-refractivity contribution < 1.29 is 0 Å². The summed E-state index contributed by atoms with van der Waals surface area (Å²) in [5, 5.41) is 1.14. The number of anilines is 1. The molecule has 2 aliphatic rings. The van der Waals surface area contributed by atoms with Crippen molar-refractivity contribution in [3.63, 3.8) is 0 Å². The van der Waals surface area contributed by atoms with E-state index in [4.69, 9.17) is 4.98 Å². The van der Waals surface area contributed by atoms with Gasteiger partial charge in [-0.1, -0.05) is 23.8 Å². The minimum absolute atomic E-state index is 0.770. The first-order valence-corrected chi connectivity index (χ1v) is 11.3. The zero-order chi connectivity index (χ0) is 18.9. The van der Waals surface area contributed by atoms with Gasteiger partial charge in [-0.2, -0.15) is 0 Å². The van der Waals surface area contributed by atoms with Crippen LogP contribution in [0.15, 0.2) is 30.5 Å². The lowest BCUT2D eigenvalue weighted by molar-refractivity contribution is 0.141. The molecule has 0 unspecified atom stereocenters. The van der Waals surface area contributed by atoms with E-state index in [2.05, 4.69) is 25.8 Å². The maximum Gasteiger partial charge on any atom is 0.186 e. The first-order valence-electron chi connectivity index (χ1n) is 10.5. The highest BCUT2D eigenvalue weighted by molar-refractivity contribution is 7.22. The number of thiazole rings is 1. The number of hydrogen-bond donors (Lipinski definition) is 0. The smallest absolute Gasteiger partial charge is 0.186 e. The number of nitrogens with zero attached hydrogens (tertiary/aromatic N) is 5. The number of piperidine rings is 2. The highest BCUT2D eigenvalue weighted by atomic mass is 32.1. The van der Waals surface area contributed by atoms with E-state index in [0.29, 0.717) is 0 Å². The van der Waals surface area contributed by atoms with Crippen molar-refractivity contribution in [3.05, 3.63) is 36.2 Å². The second-order valence-corrected chi connectivity index (χ2v) is 9.02. The summed E-state index contributed by atoms with van der Waals surface area (Å²) >= 11 is 1.79. The quantitative estimate of drug-likeness (QED) is 0.655. The minimum Gasteiger partial charge on any atom is -0.348 e. The molecule has 0 saturated carbocycles. The van der Waals surface area contributed by atoms with E-state index in [1.807, 2.05) is 31.3 Å². The fourth-order valence-corrected chi connectivity index (χ4v) is 5.51. The summed E-state index contributed by atoms with van der Waals surface area (Å²) in [5.74, 6) is 0. The molecule has 0 atom stereocenters. The maximum absolute atomic E-state index is 4.87. The van der Waals surface area contributed by atoms with Crippen LogP contribution in [-0.2, 0) is 0 Å². The second-order valence-electron chi connectivity index (χ2n) is 8.01. The Bertz CT molecular complexity index is 954. The Labute approximate surface area is 170 Å². The van der Waals surface area contributed by atoms with E-state index in [9.17, 15) is 0 Å². The third-order valence-electron chi connectivity index (χ3n) is 6.06. The predicted octanol–water partition coefficient (Wildman–Crippen LogP) is 4.52. The number of aromatic nitrogens is 3. The molecule has 6 heteroatoms. The van der Waals surface area contributed by atoms with Gasteiger partial charge in [0.25, 0.3) is 0 Å². The van der Waals surface area contributed by atoms with Crippen LogP contribution in [0, 0.1) is 6.92 Å². The molecule has 0 amide bonds. The van der Waals surface area contributed by atoms with E-state index >= 15 is 0 Å². The van der Waals surface area contributed by atoms with Crippen molar-refractivity contribution in [1.29, 1.82) is 0 Å². The molecular formula is C22H27N5S. The molecule has 5 rings (SSSR count). The van der Waals surface area contributed by atoms with Crippen LogP contribution < -0.4 is 4.90 Å². The highest BCUT2D eigenvalue weighted by Gasteiger charge is 2.26. The third kappa shape index (κ3) is 3.63. The number of fused-ring (bicyclic) bond motifs is 1. The van der Waals surface area contributed by atoms with Gasteiger partial charge in [0.1, 0.15) is 5.52 Å². The van der Waals surface area contributed by atoms with Gasteiger partial charge in [0, 0.05) is 24.8 Å². The van der Waals surface area contributed by atoms with Crippen LogP contribution in [0.3, 0.4) is 0 Å². The fourth-order valence-electron chi connectivity index (χ4n) is 4.49. The van der Waals surface area contributed by atoms with Crippen LogP contribution in [0.25, 0.3) is 21.6 Å². The van der Waals surface area contributed by atoms with Crippen LogP contribution in [0.4, 0.5) is 5.13 Å². The lowest BCUT2D eigenvalue weighted by atomic mass is 10.0. The summed E-state index contributed by atoms with van der Waals surface area (Å²) < 4.78 is 1.20. The summed E-state index contributed by atoms with van der Waals surface area (Å²) in [6.07, 6.45) is 8.58. The Hall–Kier alpha value is -2.05. The zero-order valence-corrected chi connectivity index (χ0v) is 17.3. The molecule has 0 aliphatic carbocycles. The molecule has 0 radical (unpaired) electrons. The predicted molar refractivity (Wildman–Crippen MR) is 116 cm³/mol. The summed E-state index contributed by atoms with van der Waals surface area (Å²) in [4.78, 5) is 19.3. The summed E-state index contributed by atoms with van der Waals surface area (Å²) in [5.41, 5.74) is 3.87. The standard InChI is InChI=1S/C22H27N5S/c1-16-6-5-7-18(24-16)19-14-21-20(15-23-19)25-22(28-21)27-12-8-17(9-13-27)26-10-3-2-4-11-26/h5-7,14-15,17H,2-4,8-13H2,1H3. The normalized spacial score (nSPS) is 19.4. The molecule has 3 aromatic heterocycles. The molecule has 2 saturated heterocycles. The molecule has 146 valence electrons. The number of pyridine rings is 2. The first kappa shape index (κ1) is 18.0. The van der Waals surface area contributed by atoms with E-state index in [1.54, 1.807) is 11.3 Å². The van der Waals surface area contributed by atoms with Gasteiger partial charge in [0.05, 0.1) is 22.3 Å². The van der Waals surface area contributed by atoms with Crippen LogP contribution >= 0.6 is 11.3 Å². The van der Waals surface area contributed by atoms with E-state index < -0.39 is 0 Å². The molecule has 2 fully saturated rings. The molecule has 0 N–H and O–H groups in total. The lowest BCUT2D eigenvalue weighted by Crippen LogP contribution is -2.46. The molecule has 5 heterocycles. The topological polar surface area (TPSA) is 45.2 Å². The first-order chi connectivity index (χ1) is 13.8. The Balaban J connectivity index is 1.31. The zero-order valence-electron chi connectivity index (χ0n) is 16.5. The number of likely N-dealkylation sites (tertiary alicyclic amines) is 1. The average Bonchev–Trinajstić information content (AvgIpc) is 3.18. The Morgan fingerprint density at radius 2 is 1.79 bits per heavy atom. The van der Waals surface area contributed by atoms with Gasteiger partial charge >= 0.3 is 0 Å². The van der Waals surface area contributed by atoms with Crippen molar-refractivity contribution >= 4 is 26.7 Å². The highest BCUT2D eigenvalue weighted by Crippen LogP contribution is 2.33. The maximum atomic E-state index is 4.87. The number of hydrogen-bond acceptors (Lipinski definition) is 6. The number of rotatable bonds is 3. The second kappa shape index (κ2) is 7.76. The molecule has 2 aliphatic heterocycles. The van der Waals surface area contributed by atoms with Crippen LogP contribution in [0.5, 0.6) is 0 Å². The molecule has 28 heavy (non-hydrogen) atoms. The summed E-state index contributed by atoms with van der Waals surface area (Å²) in [7, 11) is 0. The van der Waals surface area contributed by atoms with Crippen LogP contribution in [-0.4, -0.2) is 52.1 Å². The monoisotopic (exact) mass is 393 g/mol. The minimum atomic E-state index is 0.770. The van der Waals surface area contributed by atoms with Gasteiger partial charge in [-0.25, -0.2) is 4.98 Å². The van der Waals surface area contributed by atoms with Gasteiger partial charge in [-0.15, -0.1) is 0 Å². The van der Waals surface area contributed by atoms with Crippen molar-refractivity contribution in [2.75, 3.05) is 31.1 Å². The van der Waals surface area contributed by atoms with Gasteiger partial charge < -0.3 is 9.80 Å². The van der Waals surface area contributed by atoms with Gasteiger partial charge in [0.15, 0.2) is 5.13 Å². The molecule has 3 aromatic rings. The van der Waals surface area contributed by atoms with Gasteiger partial charge in [-0.05, 0) is 63.9 Å². The largest absolute Gasteiger partial charge is 0.348 e. The van der Waals surface area contributed by atoms with E-state index in [-0.39, 0.29) is 0 Å². The molecular weight excluding hydrogens is 366 g/mol. The SMILES string of the molecule is Cc1cccc(-c2cc3sc(N4CCC(N5CCCCC5)CC4)nc3cn2)n1. The van der Waals surface area contributed by atoms with Gasteiger partial charge in [0.2, 0.25) is 0 Å². The fraction of sp³-hybridized carbons (Fsp3) is 0.500. The Morgan fingerprint density at radius 1 is 0.964 bits per heavy atom. The van der Waals surface area contributed by atoms with E-state index in [0.717, 1.165) is 46.9 Å². The summed E-state index contributed by atoms with van der Waals surface area (Å²) in [6.45, 7) is 6.84. The number of aryl methyl sites for hydroxylation is 1. The average molecular weight is 394 g/mol. The van der Waals surface area contributed by atoms with Crippen LogP contribution in [0.2, 0.25) is 0 Å². The Kier molecular flexibility index (Phi) is 4.99. The van der Waals surface area contributed by atoms with Gasteiger partial charge in [-0.3, -0.25) is 9.97 Å². The lowest BCUT2D eigenvalue weighted by Gasteiger charge is -2.40. The van der Waals surface area contributed by atoms with Crippen molar-refractivity contribution in [3.8, 4) is 11.4 Å².